The van der Waals surface area contributed by atoms with Gasteiger partial charge in [0.2, 0.25) is 0 Å². The number of aromatic amines is 1. The minimum Gasteiger partial charge on any atom is -0.481 e. The summed E-state index contributed by atoms with van der Waals surface area (Å²) in [6.07, 6.45) is 1.19. The van der Waals surface area contributed by atoms with Gasteiger partial charge in [-0.2, -0.15) is 0 Å². The predicted octanol–water partition coefficient (Wildman–Crippen LogP) is 1.22. The Hall–Kier alpha value is -2.83. The Kier molecular flexibility index (Phi) is 4.22. The van der Waals surface area contributed by atoms with Crippen molar-refractivity contribution in [1.29, 1.82) is 0 Å². The summed E-state index contributed by atoms with van der Waals surface area (Å²) in [5.74, 6) is -2.91. The van der Waals surface area contributed by atoms with Gasteiger partial charge in [0.1, 0.15) is 6.04 Å². The van der Waals surface area contributed by atoms with E-state index in [-0.39, 0.29) is 12.8 Å². The molecule has 0 saturated heterocycles. The van der Waals surface area contributed by atoms with Crippen LogP contribution in [0.4, 0.5) is 0 Å². The van der Waals surface area contributed by atoms with Crippen LogP contribution in [0, 0.1) is 0 Å². The zero-order valence-corrected chi connectivity index (χ0v) is 11.0. The first-order valence-corrected chi connectivity index (χ1v) is 6.30. The molecule has 4 N–H and O–H groups in total. The van der Waals surface area contributed by atoms with E-state index in [0.717, 1.165) is 5.52 Å². The van der Waals surface area contributed by atoms with Crippen molar-refractivity contribution in [3.8, 4) is 0 Å². The van der Waals surface area contributed by atoms with E-state index >= 15 is 0 Å². The lowest BCUT2D eigenvalue weighted by molar-refractivity contribution is -0.140. The number of amides is 1. The molecule has 0 aliphatic rings. The average Bonchev–Trinajstić information content (AvgIpc) is 2.90. The monoisotopic (exact) mass is 290 g/mol. The number of H-pyrrole nitrogens is 1. The highest BCUT2D eigenvalue weighted by molar-refractivity contribution is 6.07. The second-order valence-corrected chi connectivity index (χ2v) is 4.54. The van der Waals surface area contributed by atoms with Crippen molar-refractivity contribution >= 4 is 28.7 Å². The lowest BCUT2D eigenvalue weighted by Crippen LogP contribution is -2.41. The van der Waals surface area contributed by atoms with E-state index in [2.05, 4.69) is 10.3 Å². The van der Waals surface area contributed by atoms with Crippen molar-refractivity contribution in [2.75, 3.05) is 0 Å². The van der Waals surface area contributed by atoms with E-state index in [1.807, 2.05) is 0 Å². The van der Waals surface area contributed by atoms with Crippen LogP contribution < -0.4 is 5.32 Å². The zero-order valence-electron chi connectivity index (χ0n) is 11.0. The number of hydrogen-bond donors (Lipinski definition) is 4. The molecule has 7 nitrogen and oxygen atoms in total. The Morgan fingerprint density at radius 2 is 1.95 bits per heavy atom. The summed E-state index contributed by atoms with van der Waals surface area (Å²) in [5.41, 5.74) is 1.11. The molecule has 1 aromatic carbocycles. The Balaban J connectivity index is 2.17. The maximum atomic E-state index is 12.2. The number of nitrogens with one attached hydrogen (secondary N) is 2. The van der Waals surface area contributed by atoms with Crippen LogP contribution in [0.3, 0.4) is 0 Å². The second kappa shape index (κ2) is 6.08. The summed E-state index contributed by atoms with van der Waals surface area (Å²) in [6, 6.07) is 5.55. The van der Waals surface area contributed by atoms with E-state index < -0.39 is 23.9 Å². The van der Waals surface area contributed by atoms with Crippen molar-refractivity contribution in [3.63, 3.8) is 0 Å². The lowest BCUT2D eigenvalue weighted by atomic mass is 10.1. The first kappa shape index (κ1) is 14.6. The van der Waals surface area contributed by atoms with Gasteiger partial charge in [0.25, 0.3) is 5.91 Å². The number of fused-ring (bicyclic) bond motifs is 1. The molecule has 21 heavy (non-hydrogen) atoms. The molecule has 7 heteroatoms. The Morgan fingerprint density at radius 3 is 2.62 bits per heavy atom. The first-order valence-electron chi connectivity index (χ1n) is 6.30. The molecule has 0 fully saturated rings. The standard InChI is InChI=1S/C14H14N2O5/c17-12(18)5-4-11(14(20)21)16-13(19)9-2-1-3-10-8(9)6-7-15-10/h1-3,6-7,11,15H,4-5H2,(H,16,19)(H,17,18)(H,20,21)/t11-/m0/s1. The predicted molar refractivity (Wildman–Crippen MR) is 74.1 cm³/mol. The summed E-state index contributed by atoms with van der Waals surface area (Å²) in [4.78, 5) is 36.7. The van der Waals surface area contributed by atoms with Gasteiger partial charge in [-0.3, -0.25) is 9.59 Å². The number of aliphatic carboxylic acids is 2. The van der Waals surface area contributed by atoms with Gasteiger partial charge < -0.3 is 20.5 Å². The van der Waals surface area contributed by atoms with Crippen LogP contribution in [0.2, 0.25) is 0 Å². The van der Waals surface area contributed by atoms with Gasteiger partial charge in [0, 0.05) is 29.1 Å². The Bertz CT molecular complexity index is 691. The van der Waals surface area contributed by atoms with Crippen LogP contribution in [0.5, 0.6) is 0 Å². The second-order valence-electron chi connectivity index (χ2n) is 4.54. The molecule has 0 saturated carbocycles. The molecule has 0 bridgehead atoms. The number of hydrogen-bond acceptors (Lipinski definition) is 3. The quantitative estimate of drug-likeness (QED) is 0.637. The van der Waals surface area contributed by atoms with Crippen molar-refractivity contribution in [3.05, 3.63) is 36.0 Å². The minimum absolute atomic E-state index is 0.167. The van der Waals surface area contributed by atoms with Gasteiger partial charge in [-0.05, 0) is 24.6 Å². The highest BCUT2D eigenvalue weighted by Crippen LogP contribution is 2.17. The van der Waals surface area contributed by atoms with Gasteiger partial charge in [-0.1, -0.05) is 6.07 Å². The molecule has 0 unspecified atom stereocenters. The normalized spacial score (nSPS) is 12.0. The summed E-state index contributed by atoms with van der Waals surface area (Å²) < 4.78 is 0. The summed E-state index contributed by atoms with van der Waals surface area (Å²) in [6.45, 7) is 0. The molecule has 0 spiro atoms. The van der Waals surface area contributed by atoms with Gasteiger partial charge in [0.05, 0.1) is 0 Å². The first-order chi connectivity index (χ1) is 9.99. The van der Waals surface area contributed by atoms with Gasteiger partial charge in [-0.25, -0.2) is 4.79 Å². The molecule has 0 aliphatic carbocycles. The van der Waals surface area contributed by atoms with Crippen molar-refractivity contribution in [1.82, 2.24) is 10.3 Å². The summed E-state index contributed by atoms with van der Waals surface area (Å²) in [5, 5.41) is 20.7. The molecule has 0 aliphatic heterocycles. The van der Waals surface area contributed by atoms with Crippen LogP contribution in [0.25, 0.3) is 10.9 Å². The largest absolute Gasteiger partial charge is 0.481 e. The van der Waals surface area contributed by atoms with Crippen LogP contribution in [-0.4, -0.2) is 39.1 Å². The lowest BCUT2D eigenvalue weighted by Gasteiger charge is -2.14. The highest BCUT2D eigenvalue weighted by atomic mass is 16.4. The maximum Gasteiger partial charge on any atom is 0.326 e. The van der Waals surface area contributed by atoms with Gasteiger partial charge in [0.15, 0.2) is 0 Å². The summed E-state index contributed by atoms with van der Waals surface area (Å²) >= 11 is 0. The number of carbonyl (C=O) groups excluding carboxylic acids is 1. The molecule has 2 aromatic rings. The fraction of sp³-hybridized carbons (Fsp3) is 0.214. The molecular weight excluding hydrogens is 276 g/mol. The molecule has 1 amide bonds. The van der Waals surface area contributed by atoms with Crippen LogP contribution in [0.1, 0.15) is 23.2 Å². The fourth-order valence-corrected chi connectivity index (χ4v) is 2.04. The zero-order chi connectivity index (χ0) is 15.4. The molecule has 0 radical (unpaired) electrons. The Labute approximate surface area is 119 Å². The molecule has 2 rings (SSSR count). The maximum absolute atomic E-state index is 12.2. The number of benzene rings is 1. The van der Waals surface area contributed by atoms with Crippen LogP contribution in [0.15, 0.2) is 30.5 Å². The summed E-state index contributed by atoms with van der Waals surface area (Å²) in [7, 11) is 0. The number of carbonyl (C=O) groups is 3. The number of carboxylic acid groups (broad SMARTS) is 2. The average molecular weight is 290 g/mol. The van der Waals surface area contributed by atoms with Crippen LogP contribution in [-0.2, 0) is 9.59 Å². The molecule has 1 aromatic heterocycles. The Morgan fingerprint density at radius 1 is 1.19 bits per heavy atom. The third kappa shape index (κ3) is 3.38. The molecule has 110 valence electrons. The van der Waals surface area contributed by atoms with E-state index in [4.69, 9.17) is 10.2 Å². The van der Waals surface area contributed by atoms with E-state index in [1.165, 1.54) is 0 Å². The number of rotatable bonds is 6. The van der Waals surface area contributed by atoms with Crippen molar-refractivity contribution in [2.24, 2.45) is 0 Å². The van der Waals surface area contributed by atoms with E-state index in [9.17, 15) is 14.4 Å². The molecule has 1 heterocycles. The van der Waals surface area contributed by atoms with Gasteiger partial charge >= 0.3 is 11.9 Å². The van der Waals surface area contributed by atoms with Crippen molar-refractivity contribution in [2.45, 2.75) is 18.9 Å². The van der Waals surface area contributed by atoms with E-state index in [0.29, 0.717) is 10.9 Å². The topological polar surface area (TPSA) is 119 Å². The van der Waals surface area contributed by atoms with E-state index in [1.54, 1.807) is 30.5 Å². The van der Waals surface area contributed by atoms with Crippen molar-refractivity contribution < 1.29 is 24.6 Å². The number of aromatic nitrogens is 1. The number of carboxylic acids is 2. The highest BCUT2D eigenvalue weighted by Gasteiger charge is 2.22. The van der Waals surface area contributed by atoms with Gasteiger partial charge in [-0.15, -0.1) is 0 Å². The SMILES string of the molecule is O=C(O)CC[C@H](NC(=O)c1cccc2[nH]ccc12)C(=O)O. The molecular formula is C14H14N2O5. The minimum atomic E-state index is -1.26. The molecule has 1 atom stereocenters. The third-order valence-corrected chi connectivity index (χ3v) is 3.09. The smallest absolute Gasteiger partial charge is 0.326 e. The van der Waals surface area contributed by atoms with Crippen LogP contribution >= 0.6 is 0 Å². The fourth-order valence-electron chi connectivity index (χ4n) is 2.04. The third-order valence-electron chi connectivity index (χ3n) is 3.09.